The summed E-state index contributed by atoms with van der Waals surface area (Å²) in [6.07, 6.45) is 0. The smallest absolute Gasteiger partial charge is 0.183 e. The van der Waals surface area contributed by atoms with E-state index in [2.05, 4.69) is 0 Å². The SMILES string of the molecule is Cc1ccc(S(=O)(=O)[C@@H]2[C@H](N)[C@@H]2c2cccc(Cl)c2)cc1. The summed E-state index contributed by atoms with van der Waals surface area (Å²) >= 11 is 5.97. The Hall–Kier alpha value is -1.36. The lowest BCUT2D eigenvalue weighted by Crippen LogP contribution is -2.15. The lowest BCUT2D eigenvalue weighted by molar-refractivity contribution is 0.593. The van der Waals surface area contributed by atoms with Crippen LogP contribution < -0.4 is 5.73 Å². The number of hydrogen-bond acceptors (Lipinski definition) is 3. The molecule has 0 heterocycles. The van der Waals surface area contributed by atoms with E-state index in [1.165, 1.54) is 0 Å². The standard InChI is InChI=1S/C16H16ClNO2S/c1-10-5-7-13(8-6-10)21(19,20)16-14(15(16)18)11-3-2-4-12(17)9-11/h2-9,14-16H,18H2,1H3/t14-,15+,16-/m0/s1. The van der Waals surface area contributed by atoms with E-state index in [0.717, 1.165) is 11.1 Å². The van der Waals surface area contributed by atoms with Gasteiger partial charge >= 0.3 is 0 Å². The summed E-state index contributed by atoms with van der Waals surface area (Å²) in [5.74, 6) is -0.185. The molecule has 0 amide bonds. The molecule has 110 valence electrons. The zero-order chi connectivity index (χ0) is 15.2. The van der Waals surface area contributed by atoms with E-state index in [0.29, 0.717) is 9.92 Å². The van der Waals surface area contributed by atoms with Gasteiger partial charge in [-0.15, -0.1) is 0 Å². The zero-order valence-electron chi connectivity index (χ0n) is 11.5. The van der Waals surface area contributed by atoms with Crippen LogP contribution in [-0.4, -0.2) is 19.7 Å². The maximum Gasteiger partial charge on any atom is 0.183 e. The summed E-state index contributed by atoms with van der Waals surface area (Å²) in [5, 5.41) is 0.0248. The average molecular weight is 322 g/mol. The maximum atomic E-state index is 12.7. The minimum absolute atomic E-state index is 0.185. The van der Waals surface area contributed by atoms with Crippen molar-refractivity contribution in [3.63, 3.8) is 0 Å². The molecular weight excluding hydrogens is 306 g/mol. The van der Waals surface area contributed by atoms with E-state index in [4.69, 9.17) is 17.3 Å². The normalized spacial score (nSPS) is 24.8. The summed E-state index contributed by atoms with van der Waals surface area (Å²) in [7, 11) is -3.41. The van der Waals surface area contributed by atoms with Crippen molar-refractivity contribution in [2.75, 3.05) is 0 Å². The van der Waals surface area contributed by atoms with Crippen LogP contribution in [0.4, 0.5) is 0 Å². The number of halogens is 1. The van der Waals surface area contributed by atoms with Gasteiger partial charge in [-0.05, 0) is 36.8 Å². The molecule has 0 aromatic heterocycles. The molecule has 3 nitrogen and oxygen atoms in total. The van der Waals surface area contributed by atoms with Gasteiger partial charge in [-0.25, -0.2) is 8.42 Å². The monoisotopic (exact) mass is 321 g/mol. The molecule has 5 heteroatoms. The van der Waals surface area contributed by atoms with Gasteiger partial charge < -0.3 is 5.73 Å². The van der Waals surface area contributed by atoms with Crippen LogP contribution in [0.3, 0.4) is 0 Å². The topological polar surface area (TPSA) is 60.2 Å². The predicted octanol–water partition coefficient (Wildman–Crippen LogP) is 2.92. The molecule has 1 aliphatic carbocycles. The fourth-order valence-electron chi connectivity index (χ4n) is 2.72. The molecule has 1 aliphatic rings. The highest BCUT2D eigenvalue weighted by atomic mass is 35.5. The van der Waals surface area contributed by atoms with Crippen molar-refractivity contribution in [3.05, 3.63) is 64.7 Å². The van der Waals surface area contributed by atoms with Crippen LogP contribution in [0.2, 0.25) is 5.02 Å². The third kappa shape index (κ3) is 2.59. The third-order valence-electron chi connectivity index (χ3n) is 3.95. The maximum absolute atomic E-state index is 12.7. The van der Waals surface area contributed by atoms with Crippen LogP contribution in [-0.2, 0) is 9.84 Å². The van der Waals surface area contributed by atoms with Crippen LogP contribution >= 0.6 is 11.6 Å². The largest absolute Gasteiger partial charge is 0.326 e. The van der Waals surface area contributed by atoms with Crippen molar-refractivity contribution in [2.24, 2.45) is 5.73 Å². The van der Waals surface area contributed by atoms with Crippen molar-refractivity contribution in [1.82, 2.24) is 0 Å². The number of nitrogens with two attached hydrogens (primary N) is 1. The van der Waals surface area contributed by atoms with Crippen molar-refractivity contribution in [3.8, 4) is 0 Å². The second-order valence-electron chi connectivity index (χ2n) is 5.48. The first-order chi connectivity index (χ1) is 9.91. The van der Waals surface area contributed by atoms with Crippen LogP contribution in [0.1, 0.15) is 17.0 Å². The fourth-order valence-corrected chi connectivity index (χ4v) is 4.96. The molecule has 1 saturated carbocycles. The van der Waals surface area contributed by atoms with Gasteiger partial charge in [0, 0.05) is 17.0 Å². The van der Waals surface area contributed by atoms with Crippen LogP contribution in [0.15, 0.2) is 53.4 Å². The first-order valence-electron chi connectivity index (χ1n) is 6.73. The first-order valence-corrected chi connectivity index (χ1v) is 8.65. The average Bonchev–Trinajstić information content (AvgIpc) is 3.12. The van der Waals surface area contributed by atoms with Crippen molar-refractivity contribution in [1.29, 1.82) is 0 Å². The van der Waals surface area contributed by atoms with Gasteiger partial charge in [0.2, 0.25) is 0 Å². The first kappa shape index (κ1) is 14.6. The highest BCUT2D eigenvalue weighted by Crippen LogP contribution is 2.47. The van der Waals surface area contributed by atoms with E-state index >= 15 is 0 Å². The number of rotatable bonds is 3. The van der Waals surface area contributed by atoms with Crippen LogP contribution in [0.25, 0.3) is 0 Å². The van der Waals surface area contributed by atoms with Crippen molar-refractivity contribution < 1.29 is 8.42 Å². The van der Waals surface area contributed by atoms with Gasteiger partial charge in [-0.1, -0.05) is 41.4 Å². The van der Waals surface area contributed by atoms with Gasteiger partial charge in [0.1, 0.15) is 0 Å². The summed E-state index contributed by atoms with van der Waals surface area (Å²) in [5.41, 5.74) is 7.94. The Morgan fingerprint density at radius 1 is 1.10 bits per heavy atom. The minimum Gasteiger partial charge on any atom is -0.326 e. The van der Waals surface area contributed by atoms with Crippen LogP contribution in [0, 0.1) is 6.92 Å². The second kappa shape index (κ2) is 5.13. The zero-order valence-corrected chi connectivity index (χ0v) is 13.1. The molecule has 0 spiro atoms. The molecule has 0 bridgehead atoms. The molecule has 2 N–H and O–H groups in total. The summed E-state index contributed by atoms with van der Waals surface area (Å²) in [6, 6.07) is 13.8. The molecule has 21 heavy (non-hydrogen) atoms. The molecule has 0 unspecified atom stereocenters. The van der Waals surface area contributed by atoms with E-state index in [1.807, 2.05) is 19.1 Å². The van der Waals surface area contributed by atoms with Gasteiger partial charge in [-0.3, -0.25) is 0 Å². The number of benzene rings is 2. The van der Waals surface area contributed by atoms with E-state index in [9.17, 15) is 8.42 Å². The third-order valence-corrected chi connectivity index (χ3v) is 6.44. The van der Waals surface area contributed by atoms with E-state index in [1.54, 1.807) is 36.4 Å². The molecular formula is C16H16ClNO2S. The lowest BCUT2D eigenvalue weighted by Gasteiger charge is -2.05. The van der Waals surface area contributed by atoms with Gasteiger partial charge in [0.25, 0.3) is 0 Å². The Morgan fingerprint density at radius 2 is 1.76 bits per heavy atom. The molecule has 0 aliphatic heterocycles. The fraction of sp³-hybridized carbons (Fsp3) is 0.250. The second-order valence-corrected chi connectivity index (χ2v) is 8.02. The highest BCUT2D eigenvalue weighted by molar-refractivity contribution is 7.92. The summed E-state index contributed by atoms with van der Waals surface area (Å²) in [4.78, 5) is 0.332. The Balaban J connectivity index is 1.93. The quantitative estimate of drug-likeness (QED) is 0.945. The van der Waals surface area contributed by atoms with E-state index in [-0.39, 0.29) is 12.0 Å². The Labute approximate surface area is 129 Å². The molecule has 0 saturated heterocycles. The van der Waals surface area contributed by atoms with Crippen molar-refractivity contribution in [2.45, 2.75) is 29.0 Å². The molecule has 2 aromatic carbocycles. The van der Waals surface area contributed by atoms with Crippen LogP contribution in [0.5, 0.6) is 0 Å². The Kier molecular flexibility index (Phi) is 3.56. The molecule has 0 radical (unpaired) electrons. The number of hydrogen-bond donors (Lipinski definition) is 1. The lowest BCUT2D eigenvalue weighted by atomic mass is 10.1. The number of sulfone groups is 1. The highest BCUT2D eigenvalue weighted by Gasteiger charge is 2.57. The molecule has 3 rings (SSSR count). The summed E-state index contributed by atoms with van der Waals surface area (Å²) in [6.45, 7) is 1.92. The molecule has 1 fully saturated rings. The van der Waals surface area contributed by atoms with Crippen molar-refractivity contribution >= 4 is 21.4 Å². The van der Waals surface area contributed by atoms with Gasteiger partial charge in [-0.2, -0.15) is 0 Å². The Bertz CT molecular complexity index is 771. The predicted molar refractivity (Wildman–Crippen MR) is 84.3 cm³/mol. The van der Waals surface area contributed by atoms with Gasteiger partial charge in [0.15, 0.2) is 9.84 Å². The van der Waals surface area contributed by atoms with E-state index < -0.39 is 15.1 Å². The number of aryl methyl sites for hydroxylation is 1. The molecule has 2 aromatic rings. The Morgan fingerprint density at radius 3 is 2.38 bits per heavy atom. The minimum atomic E-state index is -3.41. The summed E-state index contributed by atoms with van der Waals surface area (Å²) < 4.78 is 25.3. The molecule has 3 atom stereocenters. The van der Waals surface area contributed by atoms with Gasteiger partial charge in [0.05, 0.1) is 10.1 Å².